The molecule has 0 unspecified atom stereocenters. The minimum atomic E-state index is 0.644. The van der Waals surface area contributed by atoms with Crippen LogP contribution in [0.5, 0.6) is 5.88 Å². The topological polar surface area (TPSA) is 37.4 Å². The van der Waals surface area contributed by atoms with Gasteiger partial charge in [-0.1, -0.05) is 0 Å². The third-order valence-electron chi connectivity index (χ3n) is 2.43. The maximum atomic E-state index is 5.18. The van der Waals surface area contributed by atoms with E-state index < -0.39 is 0 Å². The van der Waals surface area contributed by atoms with Crippen LogP contribution in [0.15, 0.2) is 16.6 Å². The van der Waals surface area contributed by atoms with E-state index in [-0.39, 0.29) is 0 Å². The van der Waals surface area contributed by atoms with Crippen molar-refractivity contribution in [1.29, 1.82) is 0 Å². The highest BCUT2D eigenvalue weighted by molar-refractivity contribution is 9.10. The second kappa shape index (κ2) is 4.81. The number of hydrogen-bond donors (Lipinski definition) is 1. The number of aromatic nitrogens is 1. The average Bonchev–Trinajstić information content (AvgIpc) is 2.31. The fraction of sp³-hybridized carbons (Fsp3) is 0.500. The van der Waals surface area contributed by atoms with E-state index >= 15 is 0 Å². The fourth-order valence-electron chi connectivity index (χ4n) is 1.63. The van der Waals surface area contributed by atoms with Gasteiger partial charge in [-0.15, -0.1) is 0 Å². The lowest BCUT2D eigenvalue weighted by molar-refractivity contribution is 0.394. The van der Waals surface area contributed by atoms with Crippen LogP contribution in [0.3, 0.4) is 0 Å². The van der Waals surface area contributed by atoms with Gasteiger partial charge in [-0.05, 0) is 28.1 Å². The molecule has 5 heteroatoms. The van der Waals surface area contributed by atoms with Gasteiger partial charge in [-0.25, -0.2) is 0 Å². The first-order valence-corrected chi connectivity index (χ1v) is 5.77. The monoisotopic (exact) mass is 271 g/mol. The number of hydrogen-bond acceptors (Lipinski definition) is 4. The lowest BCUT2D eigenvalue weighted by Gasteiger charge is -2.28. The van der Waals surface area contributed by atoms with Crippen molar-refractivity contribution < 1.29 is 4.74 Å². The second-order valence-electron chi connectivity index (χ2n) is 3.40. The van der Waals surface area contributed by atoms with Crippen LogP contribution < -0.4 is 15.0 Å². The van der Waals surface area contributed by atoms with Gasteiger partial charge in [0.15, 0.2) is 0 Å². The molecule has 0 bridgehead atoms. The molecule has 15 heavy (non-hydrogen) atoms. The molecule has 1 N–H and O–H groups in total. The van der Waals surface area contributed by atoms with Crippen LogP contribution in [0.4, 0.5) is 5.82 Å². The first kappa shape index (κ1) is 10.7. The largest absolute Gasteiger partial charge is 0.480 e. The van der Waals surface area contributed by atoms with Crippen molar-refractivity contribution in [2.45, 2.75) is 0 Å². The maximum Gasteiger partial charge on any atom is 0.229 e. The van der Waals surface area contributed by atoms with E-state index in [0.717, 1.165) is 36.5 Å². The van der Waals surface area contributed by atoms with E-state index in [2.05, 4.69) is 31.1 Å². The summed E-state index contributed by atoms with van der Waals surface area (Å²) in [7, 11) is 1.63. The number of piperazine rings is 1. The molecule has 1 aromatic rings. The van der Waals surface area contributed by atoms with Crippen molar-refractivity contribution in [2.24, 2.45) is 0 Å². The molecule has 0 aromatic carbocycles. The van der Waals surface area contributed by atoms with Gasteiger partial charge in [-0.3, -0.25) is 0 Å². The Morgan fingerprint density at radius 2 is 2.13 bits per heavy atom. The van der Waals surface area contributed by atoms with Crippen LogP contribution >= 0.6 is 15.9 Å². The van der Waals surface area contributed by atoms with Gasteiger partial charge in [0.25, 0.3) is 0 Å². The van der Waals surface area contributed by atoms with Gasteiger partial charge in [0, 0.05) is 26.2 Å². The molecule has 0 atom stereocenters. The third kappa shape index (κ3) is 2.41. The Morgan fingerprint density at radius 3 is 2.80 bits per heavy atom. The number of rotatable bonds is 2. The maximum absolute atomic E-state index is 5.18. The van der Waals surface area contributed by atoms with Crippen molar-refractivity contribution in [1.82, 2.24) is 10.3 Å². The highest BCUT2D eigenvalue weighted by Crippen LogP contribution is 2.25. The minimum Gasteiger partial charge on any atom is -0.480 e. The third-order valence-corrected chi connectivity index (χ3v) is 3.04. The highest BCUT2D eigenvalue weighted by atomic mass is 79.9. The number of methoxy groups -OCH3 is 1. The number of nitrogens with zero attached hydrogens (tertiary/aromatic N) is 2. The Hall–Kier alpha value is -0.810. The van der Waals surface area contributed by atoms with E-state index in [9.17, 15) is 0 Å². The van der Waals surface area contributed by atoms with Crippen LogP contribution in [-0.2, 0) is 0 Å². The summed E-state index contributed by atoms with van der Waals surface area (Å²) in [5.74, 6) is 1.63. The molecule has 2 rings (SSSR count). The van der Waals surface area contributed by atoms with Gasteiger partial charge in [-0.2, -0.15) is 4.98 Å². The quantitative estimate of drug-likeness (QED) is 0.879. The first-order chi connectivity index (χ1) is 7.31. The van der Waals surface area contributed by atoms with Gasteiger partial charge in [0.1, 0.15) is 5.82 Å². The lowest BCUT2D eigenvalue weighted by Crippen LogP contribution is -2.43. The summed E-state index contributed by atoms with van der Waals surface area (Å²) in [6.45, 7) is 4.02. The van der Waals surface area contributed by atoms with E-state index in [0.29, 0.717) is 5.88 Å². The fourth-order valence-corrected chi connectivity index (χ4v) is 2.01. The molecule has 0 saturated carbocycles. The van der Waals surface area contributed by atoms with Crippen molar-refractivity contribution >= 4 is 21.7 Å². The number of pyridine rings is 1. The van der Waals surface area contributed by atoms with Crippen LogP contribution in [0.1, 0.15) is 0 Å². The SMILES string of the molecule is COc1nc(N2CCNCC2)ccc1Br. The zero-order valence-corrected chi connectivity index (χ0v) is 10.2. The smallest absolute Gasteiger partial charge is 0.229 e. The number of nitrogens with one attached hydrogen (secondary N) is 1. The summed E-state index contributed by atoms with van der Waals surface area (Å²) < 4.78 is 6.07. The Bertz CT molecular complexity index is 339. The molecule has 1 saturated heterocycles. The Morgan fingerprint density at radius 1 is 1.40 bits per heavy atom. The normalized spacial score (nSPS) is 16.5. The van der Waals surface area contributed by atoms with Crippen LogP contribution in [0.2, 0.25) is 0 Å². The molecule has 1 fully saturated rings. The second-order valence-corrected chi connectivity index (χ2v) is 4.25. The van der Waals surface area contributed by atoms with Crippen molar-refractivity contribution in [3.63, 3.8) is 0 Å². The van der Waals surface area contributed by atoms with Crippen molar-refractivity contribution in [3.8, 4) is 5.88 Å². The molecule has 4 nitrogen and oxygen atoms in total. The van der Waals surface area contributed by atoms with Gasteiger partial charge in [0.2, 0.25) is 5.88 Å². The predicted octanol–water partition coefficient (Wildman–Crippen LogP) is 1.26. The zero-order chi connectivity index (χ0) is 10.7. The number of halogens is 1. The summed E-state index contributed by atoms with van der Waals surface area (Å²) in [6.07, 6.45) is 0. The molecular weight excluding hydrogens is 258 g/mol. The summed E-state index contributed by atoms with van der Waals surface area (Å²) in [4.78, 5) is 6.70. The van der Waals surface area contributed by atoms with E-state index in [1.54, 1.807) is 7.11 Å². The molecule has 2 heterocycles. The van der Waals surface area contributed by atoms with Crippen LogP contribution in [0.25, 0.3) is 0 Å². The summed E-state index contributed by atoms with van der Waals surface area (Å²) >= 11 is 3.40. The molecule has 82 valence electrons. The van der Waals surface area contributed by atoms with E-state index in [4.69, 9.17) is 4.74 Å². The van der Waals surface area contributed by atoms with Gasteiger partial charge >= 0.3 is 0 Å². The first-order valence-electron chi connectivity index (χ1n) is 4.97. The standard InChI is InChI=1S/C10H14BrN3O/c1-15-10-8(11)2-3-9(13-10)14-6-4-12-5-7-14/h2-3,12H,4-7H2,1H3. The summed E-state index contributed by atoms with van der Waals surface area (Å²) in [5, 5.41) is 3.31. The van der Waals surface area contributed by atoms with Crippen molar-refractivity contribution in [3.05, 3.63) is 16.6 Å². The summed E-state index contributed by atoms with van der Waals surface area (Å²) in [5.41, 5.74) is 0. The predicted molar refractivity (Wildman–Crippen MR) is 63.6 cm³/mol. The van der Waals surface area contributed by atoms with Gasteiger partial charge in [0.05, 0.1) is 11.6 Å². The molecule has 0 aliphatic carbocycles. The zero-order valence-electron chi connectivity index (χ0n) is 8.66. The summed E-state index contributed by atoms with van der Waals surface area (Å²) in [6, 6.07) is 3.99. The average molecular weight is 272 g/mol. The van der Waals surface area contributed by atoms with Crippen LogP contribution in [0, 0.1) is 0 Å². The van der Waals surface area contributed by atoms with Crippen molar-refractivity contribution in [2.75, 3.05) is 38.2 Å². The number of ether oxygens (including phenoxy) is 1. The molecule has 0 radical (unpaired) electrons. The molecule has 1 aliphatic heterocycles. The van der Waals surface area contributed by atoms with Crippen LogP contribution in [-0.4, -0.2) is 38.3 Å². The number of anilines is 1. The Kier molecular flexibility index (Phi) is 3.43. The molecule has 0 amide bonds. The van der Waals surface area contributed by atoms with E-state index in [1.807, 2.05) is 12.1 Å². The Labute approximate surface area is 97.8 Å². The highest BCUT2D eigenvalue weighted by Gasteiger charge is 2.13. The van der Waals surface area contributed by atoms with E-state index in [1.165, 1.54) is 0 Å². The molecule has 0 spiro atoms. The molecule has 1 aromatic heterocycles. The molecule has 1 aliphatic rings. The molecular formula is C10H14BrN3O. The minimum absolute atomic E-state index is 0.644. The van der Waals surface area contributed by atoms with Gasteiger partial charge < -0.3 is 15.0 Å². The Balaban J connectivity index is 2.20. The lowest BCUT2D eigenvalue weighted by atomic mass is 10.3.